The Kier molecular flexibility index (Phi) is 7.94. The third-order valence-electron chi connectivity index (χ3n) is 8.35. The van der Waals surface area contributed by atoms with Crippen molar-refractivity contribution in [1.82, 2.24) is 31.2 Å². The number of aromatic nitrogens is 3. The lowest BCUT2D eigenvalue weighted by Crippen LogP contribution is -2.52. The van der Waals surface area contributed by atoms with Gasteiger partial charge in [-0.25, -0.2) is 0 Å². The number of hydrogen-bond acceptors (Lipinski definition) is 9. The van der Waals surface area contributed by atoms with Gasteiger partial charge in [0.15, 0.2) is 5.54 Å². The van der Waals surface area contributed by atoms with Crippen LogP contribution < -0.4 is 21.6 Å². The molecule has 4 N–H and O–H groups in total. The number of hydrazine groups is 2. The summed E-state index contributed by atoms with van der Waals surface area (Å²) in [5.41, 5.74) is 9.76. The van der Waals surface area contributed by atoms with E-state index in [1.807, 2.05) is 37.3 Å². The second-order valence-electron chi connectivity index (χ2n) is 12.9. The molecule has 2 aromatic heterocycles. The van der Waals surface area contributed by atoms with Gasteiger partial charge in [0.05, 0.1) is 45.9 Å². The average Bonchev–Trinajstić information content (AvgIpc) is 3.70. The minimum Gasteiger partial charge on any atom is -0.383 e. The molecule has 6 rings (SSSR count). The van der Waals surface area contributed by atoms with Crippen LogP contribution in [0.5, 0.6) is 0 Å². The van der Waals surface area contributed by atoms with Crippen LogP contribution >= 0.6 is 11.6 Å². The molecule has 4 aromatic rings. The van der Waals surface area contributed by atoms with Gasteiger partial charge in [-0.3, -0.25) is 9.99 Å². The fourth-order valence-corrected chi connectivity index (χ4v) is 5.94. The highest BCUT2D eigenvalue weighted by atomic mass is 35.5. The van der Waals surface area contributed by atoms with Crippen LogP contribution in [-0.4, -0.2) is 38.5 Å². The van der Waals surface area contributed by atoms with Gasteiger partial charge in [0, 0.05) is 35.6 Å². The molecule has 1 saturated carbocycles. The summed E-state index contributed by atoms with van der Waals surface area (Å²) in [5.74, 6) is 0. The van der Waals surface area contributed by atoms with Crippen LogP contribution in [0.25, 0.3) is 22.0 Å². The van der Waals surface area contributed by atoms with Crippen LogP contribution in [0.15, 0.2) is 66.9 Å². The Morgan fingerprint density at radius 1 is 1.13 bits per heavy atom. The summed E-state index contributed by atoms with van der Waals surface area (Å²) in [5, 5.41) is 26.9. The molecule has 0 spiro atoms. The second kappa shape index (κ2) is 11.6. The molecule has 0 amide bonds. The number of anilines is 2. The lowest BCUT2D eigenvalue weighted by molar-refractivity contribution is -0.195. The first-order chi connectivity index (χ1) is 21.8. The van der Waals surface area contributed by atoms with Crippen molar-refractivity contribution in [3.05, 3.63) is 88.6 Å². The standard InChI is InChI=1S/C33H33ClF3N9/c1-19-23(20-8-11-41-42-16-20)6-5-7-24(19)30(27-17-46(45-44-27)32(9-10-32)33(35,36)37)43-22-12-25-28(40-18-31(2,3)4)21(14-38)15-39-29(25)26(34)13-22/h5-8,11-13,15-17,30,43-45H,9-10,18H2,1-4H3,(H,39,40)/t30-/m0/s1. The summed E-state index contributed by atoms with van der Waals surface area (Å²) in [7, 11) is 0. The van der Waals surface area contributed by atoms with Crippen LogP contribution in [0.2, 0.25) is 5.02 Å². The van der Waals surface area contributed by atoms with Gasteiger partial charge in [-0.2, -0.15) is 28.6 Å². The van der Waals surface area contributed by atoms with Crippen LogP contribution in [0, 0.1) is 23.7 Å². The number of alkyl halides is 3. The van der Waals surface area contributed by atoms with Crippen molar-refractivity contribution in [2.24, 2.45) is 5.41 Å². The molecule has 1 aliphatic heterocycles. The molecule has 1 aliphatic carbocycles. The van der Waals surface area contributed by atoms with Crippen molar-refractivity contribution >= 4 is 33.9 Å². The normalized spacial score (nSPS) is 16.4. The van der Waals surface area contributed by atoms with E-state index in [4.69, 9.17) is 11.6 Å². The SMILES string of the molecule is Cc1c(-c2ccnnc2)cccc1[C@H](Nc1cc(Cl)c2ncc(C#N)c(NCC(C)(C)C)c2c1)C1=CN(C2(C(F)(F)F)CC2)NN1. The van der Waals surface area contributed by atoms with Crippen molar-refractivity contribution in [1.29, 1.82) is 5.26 Å². The lowest BCUT2D eigenvalue weighted by atomic mass is 9.92. The molecule has 2 aromatic carbocycles. The van der Waals surface area contributed by atoms with Crippen molar-refractivity contribution in [3.63, 3.8) is 0 Å². The van der Waals surface area contributed by atoms with E-state index in [0.29, 0.717) is 45.1 Å². The Morgan fingerprint density at radius 3 is 2.57 bits per heavy atom. The largest absolute Gasteiger partial charge is 0.413 e. The van der Waals surface area contributed by atoms with E-state index in [0.717, 1.165) is 27.3 Å². The molecule has 13 heteroatoms. The predicted molar refractivity (Wildman–Crippen MR) is 172 cm³/mol. The molecule has 3 heterocycles. The molecule has 46 heavy (non-hydrogen) atoms. The van der Waals surface area contributed by atoms with Crippen LogP contribution in [0.1, 0.15) is 56.3 Å². The average molecular weight is 648 g/mol. The first-order valence-corrected chi connectivity index (χ1v) is 15.2. The Hall–Kier alpha value is -4.60. The first kappa shape index (κ1) is 31.4. The summed E-state index contributed by atoms with van der Waals surface area (Å²) in [6.45, 7) is 8.81. The zero-order chi connectivity index (χ0) is 32.9. The summed E-state index contributed by atoms with van der Waals surface area (Å²) < 4.78 is 42.2. The van der Waals surface area contributed by atoms with Gasteiger partial charge in [-0.15, -0.1) is 5.53 Å². The lowest BCUT2D eigenvalue weighted by Gasteiger charge is -2.28. The highest BCUT2D eigenvalue weighted by molar-refractivity contribution is 6.35. The zero-order valence-corrected chi connectivity index (χ0v) is 26.5. The highest BCUT2D eigenvalue weighted by Gasteiger charge is 2.67. The molecule has 9 nitrogen and oxygen atoms in total. The molecular weight excluding hydrogens is 615 g/mol. The maximum atomic E-state index is 14.1. The molecule has 2 aliphatic rings. The van der Waals surface area contributed by atoms with E-state index in [-0.39, 0.29) is 18.3 Å². The minimum atomic E-state index is -4.41. The number of hydrogen-bond donors (Lipinski definition) is 4. The number of halogens is 4. The van der Waals surface area contributed by atoms with Gasteiger partial charge in [-0.1, -0.05) is 50.6 Å². The first-order valence-electron chi connectivity index (χ1n) is 14.8. The van der Waals surface area contributed by atoms with Crippen LogP contribution in [0.3, 0.4) is 0 Å². The maximum absolute atomic E-state index is 14.1. The Labute approximate surface area is 269 Å². The van der Waals surface area contributed by atoms with Gasteiger partial charge in [0.1, 0.15) is 6.07 Å². The van der Waals surface area contributed by atoms with Crippen molar-refractivity contribution in [2.45, 2.75) is 58.3 Å². The van der Waals surface area contributed by atoms with E-state index < -0.39 is 17.8 Å². The predicted octanol–water partition coefficient (Wildman–Crippen LogP) is 7.40. The topological polar surface area (TPSA) is 114 Å². The van der Waals surface area contributed by atoms with Crippen LogP contribution in [0.4, 0.5) is 24.5 Å². The van der Waals surface area contributed by atoms with E-state index in [9.17, 15) is 18.4 Å². The number of nitrogens with one attached hydrogen (secondary N) is 4. The number of benzene rings is 2. The molecule has 0 radical (unpaired) electrons. The van der Waals surface area contributed by atoms with Crippen LogP contribution in [-0.2, 0) is 0 Å². The highest BCUT2D eigenvalue weighted by Crippen LogP contribution is 2.54. The summed E-state index contributed by atoms with van der Waals surface area (Å²) >= 11 is 6.79. The summed E-state index contributed by atoms with van der Waals surface area (Å²) in [6, 6.07) is 12.8. The van der Waals surface area contributed by atoms with Crippen molar-refractivity contribution in [3.8, 4) is 17.2 Å². The quantitative estimate of drug-likeness (QED) is 0.155. The fraction of sp³-hybridized carbons (Fsp3) is 0.333. The second-order valence-corrected chi connectivity index (χ2v) is 13.3. The summed E-state index contributed by atoms with van der Waals surface area (Å²) in [6.07, 6.45) is 1.84. The summed E-state index contributed by atoms with van der Waals surface area (Å²) in [4.78, 5) is 4.46. The maximum Gasteiger partial charge on any atom is 0.413 e. The van der Waals surface area contributed by atoms with E-state index >= 15 is 0 Å². The zero-order valence-electron chi connectivity index (χ0n) is 25.7. The molecule has 238 valence electrons. The number of fused-ring (bicyclic) bond motifs is 1. The minimum absolute atomic E-state index is 0.00450. The van der Waals surface area contributed by atoms with Gasteiger partial charge < -0.3 is 16.1 Å². The molecule has 0 bridgehead atoms. The van der Waals surface area contributed by atoms with E-state index in [1.54, 1.807) is 18.5 Å². The smallest absolute Gasteiger partial charge is 0.383 e. The van der Waals surface area contributed by atoms with Gasteiger partial charge in [0.2, 0.25) is 0 Å². The molecule has 0 unspecified atom stereocenters. The molecule has 0 saturated heterocycles. The van der Waals surface area contributed by atoms with E-state index in [1.165, 1.54) is 12.4 Å². The number of nitriles is 1. The Balaban J connectivity index is 1.46. The third-order valence-corrected chi connectivity index (χ3v) is 8.63. The van der Waals surface area contributed by atoms with Crippen molar-refractivity contribution in [2.75, 3.05) is 17.2 Å². The Bertz CT molecular complexity index is 1860. The molecule has 1 fully saturated rings. The monoisotopic (exact) mass is 647 g/mol. The van der Waals surface area contributed by atoms with Gasteiger partial charge in [0.25, 0.3) is 0 Å². The fourth-order valence-electron chi connectivity index (χ4n) is 5.68. The molecular formula is C33H33ClF3N9. The van der Waals surface area contributed by atoms with E-state index in [2.05, 4.69) is 63.6 Å². The number of nitrogens with zero attached hydrogens (tertiary/aromatic N) is 5. The Morgan fingerprint density at radius 2 is 1.91 bits per heavy atom. The number of pyridine rings is 1. The van der Waals surface area contributed by atoms with Gasteiger partial charge in [-0.05, 0) is 60.1 Å². The molecule has 1 atom stereocenters. The van der Waals surface area contributed by atoms with Crippen molar-refractivity contribution < 1.29 is 13.2 Å². The number of rotatable bonds is 8. The third kappa shape index (κ3) is 5.88. The van der Waals surface area contributed by atoms with Gasteiger partial charge >= 0.3 is 6.18 Å².